The summed E-state index contributed by atoms with van der Waals surface area (Å²) in [5, 5.41) is 15.7. The number of rotatable bonds is 4. The van der Waals surface area contributed by atoms with E-state index in [-0.39, 0.29) is 17.3 Å². The predicted molar refractivity (Wildman–Crippen MR) is 107 cm³/mol. The number of hydrogen-bond donors (Lipinski definition) is 2. The Morgan fingerprint density at radius 3 is 2.58 bits per heavy atom. The number of phenols is 1. The van der Waals surface area contributed by atoms with Gasteiger partial charge in [0.2, 0.25) is 5.78 Å². The molecule has 4 rings (SSSR count). The van der Waals surface area contributed by atoms with Crippen LogP contribution in [0.25, 0.3) is 11.0 Å². The zero-order valence-corrected chi connectivity index (χ0v) is 15.1. The number of aromatic hydroxyl groups is 1. The van der Waals surface area contributed by atoms with E-state index in [1.165, 1.54) is 11.3 Å². The van der Waals surface area contributed by atoms with Gasteiger partial charge in [-0.15, -0.1) is 11.3 Å². The minimum Gasteiger partial charge on any atom is -0.507 e. The standard InChI is InChI=1S/C20H13NO3S2/c22-14-8-3-1-6-12(14)20(25)21-17-13-7-2-4-9-15(13)24-19(17)18(23)16-10-5-11-26-16/h1-11,22H,(H,21,25). The number of hydrogen-bond acceptors (Lipinski definition) is 5. The monoisotopic (exact) mass is 379 g/mol. The van der Waals surface area contributed by atoms with Crippen LogP contribution in [0.1, 0.15) is 21.0 Å². The van der Waals surface area contributed by atoms with Gasteiger partial charge >= 0.3 is 0 Å². The number of anilines is 1. The van der Waals surface area contributed by atoms with Crippen LogP contribution in [-0.4, -0.2) is 15.9 Å². The highest BCUT2D eigenvalue weighted by molar-refractivity contribution is 7.81. The molecule has 2 N–H and O–H groups in total. The van der Waals surface area contributed by atoms with Crippen molar-refractivity contribution in [2.45, 2.75) is 0 Å². The fraction of sp³-hybridized carbons (Fsp3) is 0. The number of benzene rings is 2. The first kappa shape index (κ1) is 16.5. The third-order valence-corrected chi connectivity index (χ3v) is 5.12. The molecule has 128 valence electrons. The lowest BCUT2D eigenvalue weighted by Crippen LogP contribution is -2.13. The molecule has 2 aromatic heterocycles. The zero-order valence-electron chi connectivity index (χ0n) is 13.4. The number of para-hydroxylation sites is 2. The Balaban J connectivity index is 1.80. The Labute approximate surface area is 158 Å². The molecule has 0 radical (unpaired) electrons. The van der Waals surface area contributed by atoms with E-state index >= 15 is 0 Å². The molecule has 26 heavy (non-hydrogen) atoms. The van der Waals surface area contributed by atoms with E-state index in [1.54, 1.807) is 36.4 Å². The summed E-state index contributed by atoms with van der Waals surface area (Å²) in [7, 11) is 0. The number of ketones is 1. The van der Waals surface area contributed by atoms with Crippen LogP contribution in [0.4, 0.5) is 5.69 Å². The number of phenolic OH excluding ortho intramolecular Hbond substituents is 1. The average Bonchev–Trinajstić information content (AvgIpc) is 3.30. The van der Waals surface area contributed by atoms with Crippen LogP contribution in [0.3, 0.4) is 0 Å². The molecule has 0 aliphatic carbocycles. The molecule has 6 heteroatoms. The zero-order chi connectivity index (χ0) is 18.1. The summed E-state index contributed by atoms with van der Waals surface area (Å²) in [6, 6.07) is 17.7. The summed E-state index contributed by atoms with van der Waals surface area (Å²) in [4.78, 5) is 13.8. The number of carbonyl (C=O) groups excluding carboxylic acids is 1. The van der Waals surface area contributed by atoms with Crippen molar-refractivity contribution in [3.8, 4) is 5.75 Å². The molecule has 0 atom stereocenters. The predicted octanol–water partition coefficient (Wildman–Crippen LogP) is 5.22. The van der Waals surface area contributed by atoms with Crippen LogP contribution in [0.5, 0.6) is 5.75 Å². The van der Waals surface area contributed by atoms with Crippen LogP contribution in [-0.2, 0) is 0 Å². The van der Waals surface area contributed by atoms with Crippen molar-refractivity contribution in [1.82, 2.24) is 0 Å². The number of thiophene rings is 1. The number of thiocarbonyl (C=S) groups is 1. The second-order valence-corrected chi connectivity index (χ2v) is 6.94. The summed E-state index contributed by atoms with van der Waals surface area (Å²) in [6.07, 6.45) is 0. The largest absolute Gasteiger partial charge is 0.507 e. The SMILES string of the molecule is O=C(c1cccs1)c1oc2ccccc2c1NC(=S)c1ccccc1O. The Morgan fingerprint density at radius 1 is 1.04 bits per heavy atom. The molecule has 2 aromatic carbocycles. The molecule has 0 saturated heterocycles. The van der Waals surface area contributed by atoms with E-state index in [0.717, 1.165) is 5.39 Å². The second-order valence-electron chi connectivity index (χ2n) is 5.58. The molecular weight excluding hydrogens is 366 g/mol. The molecule has 0 spiro atoms. The van der Waals surface area contributed by atoms with Gasteiger partial charge in [-0.05, 0) is 35.7 Å². The molecule has 0 fully saturated rings. The maximum Gasteiger partial charge on any atom is 0.240 e. The molecule has 0 bridgehead atoms. The van der Waals surface area contributed by atoms with Crippen molar-refractivity contribution in [2.75, 3.05) is 5.32 Å². The topological polar surface area (TPSA) is 62.5 Å². The number of fused-ring (bicyclic) bond motifs is 1. The smallest absolute Gasteiger partial charge is 0.240 e. The highest BCUT2D eigenvalue weighted by atomic mass is 32.1. The van der Waals surface area contributed by atoms with E-state index in [1.807, 2.05) is 29.6 Å². The van der Waals surface area contributed by atoms with Gasteiger partial charge in [0.05, 0.1) is 16.1 Å². The molecule has 0 saturated carbocycles. The molecule has 0 aliphatic rings. The Morgan fingerprint density at radius 2 is 1.81 bits per heavy atom. The van der Waals surface area contributed by atoms with Gasteiger partial charge in [0.25, 0.3) is 0 Å². The highest BCUT2D eigenvalue weighted by Crippen LogP contribution is 2.34. The van der Waals surface area contributed by atoms with Gasteiger partial charge in [0.15, 0.2) is 5.76 Å². The Bertz CT molecular complexity index is 1110. The summed E-state index contributed by atoms with van der Waals surface area (Å²) >= 11 is 6.80. The van der Waals surface area contributed by atoms with Crippen molar-refractivity contribution in [3.05, 3.63) is 82.2 Å². The normalized spacial score (nSPS) is 10.8. The Kier molecular flexibility index (Phi) is 4.28. The Hall–Kier alpha value is -2.96. The number of nitrogens with one attached hydrogen (secondary N) is 1. The van der Waals surface area contributed by atoms with Gasteiger partial charge in [-0.1, -0.05) is 42.5 Å². The molecule has 4 aromatic rings. The molecule has 2 heterocycles. The molecule has 4 nitrogen and oxygen atoms in total. The second kappa shape index (κ2) is 6.74. The van der Waals surface area contributed by atoms with Gasteiger partial charge in [0, 0.05) is 5.39 Å². The fourth-order valence-electron chi connectivity index (χ4n) is 2.70. The van der Waals surface area contributed by atoms with E-state index in [9.17, 15) is 9.90 Å². The van der Waals surface area contributed by atoms with Gasteiger partial charge in [-0.2, -0.15) is 0 Å². The first-order valence-corrected chi connectivity index (χ1v) is 9.13. The van der Waals surface area contributed by atoms with Crippen molar-refractivity contribution in [3.63, 3.8) is 0 Å². The number of carbonyl (C=O) groups is 1. The van der Waals surface area contributed by atoms with Gasteiger partial charge in [-0.3, -0.25) is 4.79 Å². The molecule has 0 unspecified atom stereocenters. The first-order valence-electron chi connectivity index (χ1n) is 7.84. The third-order valence-electron chi connectivity index (χ3n) is 3.93. The lowest BCUT2D eigenvalue weighted by Gasteiger charge is -2.09. The summed E-state index contributed by atoms with van der Waals surface area (Å²) in [5.41, 5.74) is 1.59. The highest BCUT2D eigenvalue weighted by Gasteiger charge is 2.23. The quantitative estimate of drug-likeness (QED) is 0.376. The van der Waals surface area contributed by atoms with E-state index in [0.29, 0.717) is 26.7 Å². The van der Waals surface area contributed by atoms with Gasteiger partial charge in [-0.25, -0.2) is 0 Å². The van der Waals surface area contributed by atoms with E-state index < -0.39 is 0 Å². The van der Waals surface area contributed by atoms with Gasteiger partial charge in [0.1, 0.15) is 16.3 Å². The maximum absolute atomic E-state index is 12.9. The van der Waals surface area contributed by atoms with Crippen molar-refractivity contribution < 1.29 is 14.3 Å². The summed E-state index contributed by atoms with van der Waals surface area (Å²) in [5.74, 6) is 0.0640. The van der Waals surface area contributed by atoms with Crippen LogP contribution < -0.4 is 5.32 Å². The minimum absolute atomic E-state index is 0.0731. The molecule has 0 amide bonds. The van der Waals surface area contributed by atoms with Crippen molar-refractivity contribution in [1.29, 1.82) is 0 Å². The maximum atomic E-state index is 12.9. The van der Waals surface area contributed by atoms with Crippen LogP contribution >= 0.6 is 23.6 Å². The van der Waals surface area contributed by atoms with Crippen LogP contribution in [0, 0.1) is 0 Å². The molecule has 0 aliphatic heterocycles. The average molecular weight is 379 g/mol. The van der Waals surface area contributed by atoms with Crippen molar-refractivity contribution in [2.24, 2.45) is 0 Å². The van der Waals surface area contributed by atoms with E-state index in [2.05, 4.69) is 5.32 Å². The first-order chi connectivity index (χ1) is 12.6. The fourth-order valence-corrected chi connectivity index (χ4v) is 3.63. The lowest BCUT2D eigenvalue weighted by atomic mass is 10.1. The molecular formula is C20H13NO3S2. The van der Waals surface area contributed by atoms with Crippen LogP contribution in [0.15, 0.2) is 70.5 Å². The summed E-state index contributed by atoms with van der Waals surface area (Å²) in [6.45, 7) is 0. The van der Waals surface area contributed by atoms with Gasteiger partial charge < -0.3 is 14.8 Å². The van der Waals surface area contributed by atoms with E-state index in [4.69, 9.17) is 16.6 Å². The van der Waals surface area contributed by atoms with Crippen LogP contribution in [0.2, 0.25) is 0 Å². The van der Waals surface area contributed by atoms with Crippen molar-refractivity contribution >= 4 is 51.0 Å². The summed E-state index contributed by atoms with van der Waals surface area (Å²) < 4.78 is 5.82. The number of furan rings is 1. The third kappa shape index (κ3) is 2.89. The minimum atomic E-state index is -0.209. The lowest BCUT2D eigenvalue weighted by molar-refractivity contribution is 0.102.